The smallest absolute Gasteiger partial charge is 0.251 e. The van der Waals surface area contributed by atoms with E-state index in [1.807, 2.05) is 18.3 Å². The number of amides is 2. The van der Waals surface area contributed by atoms with Gasteiger partial charge in [0.15, 0.2) is 0 Å². The molecule has 11 nitrogen and oxygen atoms in total. The van der Waals surface area contributed by atoms with Crippen LogP contribution in [0.1, 0.15) is 46.4 Å². The topological polar surface area (TPSA) is 139 Å². The normalized spacial score (nSPS) is 15.4. The minimum Gasteiger partial charge on any atom is -0.495 e. The van der Waals surface area contributed by atoms with Gasteiger partial charge in [-0.3, -0.25) is 9.59 Å². The number of hydrogen-bond donors (Lipinski definition) is 4. The van der Waals surface area contributed by atoms with Crippen molar-refractivity contribution in [3.63, 3.8) is 0 Å². The Kier molecular flexibility index (Phi) is 7.43. The van der Waals surface area contributed by atoms with Crippen LogP contribution in [-0.2, 0) is 4.74 Å². The van der Waals surface area contributed by atoms with Crippen LogP contribution in [0, 0.1) is 0 Å². The summed E-state index contributed by atoms with van der Waals surface area (Å²) >= 11 is 0. The highest BCUT2D eigenvalue weighted by atomic mass is 16.5. The Morgan fingerprint density at radius 1 is 1.00 bits per heavy atom. The van der Waals surface area contributed by atoms with Gasteiger partial charge in [-0.15, -0.1) is 0 Å². The van der Waals surface area contributed by atoms with E-state index in [1.54, 1.807) is 44.5 Å². The van der Waals surface area contributed by atoms with Gasteiger partial charge in [0.1, 0.15) is 17.5 Å². The van der Waals surface area contributed by atoms with Crippen LogP contribution < -0.4 is 25.4 Å². The summed E-state index contributed by atoms with van der Waals surface area (Å²) in [5, 5.41) is 9.60. The number of nitrogens with zero attached hydrogens (tertiary/aromatic N) is 2. The molecule has 41 heavy (non-hydrogen) atoms. The standard InChI is InChI=1S/C30H32N6O5/c1-31-27(37)18-9-7-17(8-10-18)22-14-32-26-25(22)29(41-21-5-3-4-6-21)36-30(35-26)34-23-12-11-19(13-24(23)39-2)28(38)33-20-15-40-16-20/h7-14,20-21H,3-6,15-16H2,1-2H3,(H,31,37)(H,33,38)(H2,32,34,35,36). The maximum atomic E-state index is 12.6. The number of anilines is 2. The summed E-state index contributed by atoms with van der Waals surface area (Å²) in [6.45, 7) is 1.05. The van der Waals surface area contributed by atoms with E-state index < -0.39 is 0 Å². The maximum absolute atomic E-state index is 12.6. The molecule has 2 aromatic heterocycles. The Morgan fingerprint density at radius 2 is 1.76 bits per heavy atom. The third-order valence-electron chi connectivity index (χ3n) is 7.45. The Bertz CT molecular complexity index is 1570. The third kappa shape index (κ3) is 5.53. The summed E-state index contributed by atoms with van der Waals surface area (Å²) in [7, 11) is 3.16. The number of aromatic nitrogens is 3. The molecule has 2 aliphatic rings. The number of hydrogen-bond acceptors (Lipinski definition) is 8. The number of ether oxygens (including phenoxy) is 3. The molecule has 1 aliphatic carbocycles. The minimum atomic E-state index is -0.185. The molecular weight excluding hydrogens is 524 g/mol. The second-order valence-corrected chi connectivity index (χ2v) is 10.2. The predicted molar refractivity (Wildman–Crippen MR) is 154 cm³/mol. The van der Waals surface area contributed by atoms with E-state index >= 15 is 0 Å². The maximum Gasteiger partial charge on any atom is 0.251 e. The quantitative estimate of drug-likeness (QED) is 0.241. The zero-order chi connectivity index (χ0) is 28.3. The van der Waals surface area contributed by atoms with Crippen LogP contribution in [0.5, 0.6) is 11.6 Å². The van der Waals surface area contributed by atoms with E-state index in [2.05, 4.69) is 20.9 Å². The SMILES string of the molecule is CNC(=O)c1ccc(-c2c[nH]c3nc(Nc4ccc(C(=O)NC5COC5)cc4OC)nc(OC4CCCC4)c23)cc1. The molecule has 212 valence electrons. The van der Waals surface area contributed by atoms with Gasteiger partial charge >= 0.3 is 0 Å². The molecule has 0 spiro atoms. The molecule has 11 heteroatoms. The number of carbonyl (C=O) groups is 2. The van der Waals surface area contributed by atoms with Gasteiger partial charge in [0, 0.05) is 29.9 Å². The first kappa shape index (κ1) is 26.6. The molecule has 4 aromatic rings. The molecule has 1 saturated heterocycles. The summed E-state index contributed by atoms with van der Waals surface area (Å²) in [6.07, 6.45) is 6.14. The first-order chi connectivity index (χ1) is 20.0. The summed E-state index contributed by atoms with van der Waals surface area (Å²) in [4.78, 5) is 37.4. The number of rotatable bonds is 9. The predicted octanol–water partition coefficient (Wildman–Crippen LogP) is 4.19. The molecule has 4 N–H and O–H groups in total. The van der Waals surface area contributed by atoms with Gasteiger partial charge in [-0.2, -0.15) is 9.97 Å². The molecule has 3 heterocycles. The molecule has 2 fully saturated rings. The molecule has 1 saturated carbocycles. The summed E-state index contributed by atoms with van der Waals surface area (Å²) < 4.78 is 17.2. The highest BCUT2D eigenvalue weighted by molar-refractivity contribution is 5.99. The third-order valence-corrected chi connectivity index (χ3v) is 7.45. The van der Waals surface area contributed by atoms with Crippen molar-refractivity contribution in [3.05, 3.63) is 59.8 Å². The molecule has 1 aliphatic heterocycles. The molecule has 0 atom stereocenters. The van der Waals surface area contributed by atoms with Crippen LogP contribution in [0.3, 0.4) is 0 Å². The molecular formula is C30H32N6O5. The van der Waals surface area contributed by atoms with Crippen LogP contribution >= 0.6 is 0 Å². The molecule has 0 unspecified atom stereocenters. The van der Waals surface area contributed by atoms with Crippen LogP contribution in [-0.4, -0.2) is 66.3 Å². The van der Waals surface area contributed by atoms with Crippen LogP contribution in [0.4, 0.5) is 11.6 Å². The van der Waals surface area contributed by atoms with Gasteiger partial charge in [0.05, 0.1) is 37.4 Å². The summed E-state index contributed by atoms with van der Waals surface area (Å²) in [6, 6.07) is 12.6. The fourth-order valence-electron chi connectivity index (χ4n) is 5.12. The number of nitrogens with one attached hydrogen (secondary N) is 4. The van der Waals surface area contributed by atoms with E-state index in [9.17, 15) is 9.59 Å². The average molecular weight is 557 g/mol. The van der Waals surface area contributed by atoms with Crippen molar-refractivity contribution in [2.75, 3.05) is 32.7 Å². The van der Waals surface area contributed by atoms with E-state index in [0.29, 0.717) is 53.3 Å². The number of aromatic amines is 1. The molecule has 2 aromatic carbocycles. The molecule has 0 bridgehead atoms. The molecule has 2 amide bonds. The van der Waals surface area contributed by atoms with Crippen LogP contribution in [0.25, 0.3) is 22.2 Å². The van der Waals surface area contributed by atoms with Gasteiger partial charge in [-0.05, 0) is 61.6 Å². The first-order valence-corrected chi connectivity index (χ1v) is 13.7. The minimum absolute atomic E-state index is 0.0316. The first-order valence-electron chi connectivity index (χ1n) is 13.7. The highest BCUT2D eigenvalue weighted by Crippen LogP contribution is 2.37. The molecule has 6 rings (SSSR count). The van der Waals surface area contributed by atoms with Crippen LogP contribution in [0.15, 0.2) is 48.7 Å². The average Bonchev–Trinajstić information content (AvgIpc) is 3.65. The van der Waals surface area contributed by atoms with Gasteiger partial charge < -0.3 is 35.1 Å². The zero-order valence-corrected chi connectivity index (χ0v) is 23.0. The van der Waals surface area contributed by atoms with Crippen molar-refractivity contribution >= 4 is 34.5 Å². The second kappa shape index (κ2) is 11.5. The lowest BCUT2D eigenvalue weighted by Crippen LogP contribution is -2.48. The number of benzene rings is 2. The van der Waals surface area contributed by atoms with E-state index in [1.165, 1.54) is 0 Å². The van der Waals surface area contributed by atoms with Gasteiger partial charge in [0.25, 0.3) is 11.8 Å². The lowest BCUT2D eigenvalue weighted by molar-refractivity contribution is -0.00346. The Balaban J connectivity index is 1.32. The van der Waals surface area contributed by atoms with E-state index in [0.717, 1.165) is 42.2 Å². The Morgan fingerprint density at radius 3 is 2.44 bits per heavy atom. The van der Waals surface area contributed by atoms with Gasteiger partial charge in [-0.1, -0.05) is 12.1 Å². The monoisotopic (exact) mass is 556 g/mol. The zero-order valence-electron chi connectivity index (χ0n) is 23.0. The fraction of sp³-hybridized carbons (Fsp3) is 0.333. The van der Waals surface area contributed by atoms with Crippen molar-refractivity contribution in [3.8, 4) is 22.8 Å². The number of H-pyrrole nitrogens is 1. The van der Waals surface area contributed by atoms with Crippen molar-refractivity contribution < 1.29 is 23.8 Å². The lowest BCUT2D eigenvalue weighted by atomic mass is 10.0. The Hall–Kier alpha value is -4.64. The summed E-state index contributed by atoms with van der Waals surface area (Å²) in [5.41, 5.74) is 4.08. The van der Waals surface area contributed by atoms with Gasteiger partial charge in [-0.25, -0.2) is 0 Å². The highest BCUT2D eigenvalue weighted by Gasteiger charge is 2.24. The fourth-order valence-corrected chi connectivity index (χ4v) is 5.12. The lowest BCUT2D eigenvalue weighted by Gasteiger charge is -2.26. The van der Waals surface area contributed by atoms with Crippen molar-refractivity contribution in [1.82, 2.24) is 25.6 Å². The van der Waals surface area contributed by atoms with Crippen LogP contribution in [0.2, 0.25) is 0 Å². The van der Waals surface area contributed by atoms with E-state index in [-0.39, 0.29) is 24.0 Å². The molecule has 0 radical (unpaired) electrons. The van der Waals surface area contributed by atoms with Gasteiger partial charge in [0.2, 0.25) is 11.8 Å². The largest absolute Gasteiger partial charge is 0.495 e. The Labute approximate surface area is 237 Å². The van der Waals surface area contributed by atoms with Crippen molar-refractivity contribution in [2.45, 2.75) is 37.8 Å². The number of fused-ring (bicyclic) bond motifs is 1. The van der Waals surface area contributed by atoms with Crippen molar-refractivity contribution in [2.24, 2.45) is 0 Å². The summed E-state index contributed by atoms with van der Waals surface area (Å²) in [5.74, 6) is 0.963. The van der Waals surface area contributed by atoms with E-state index in [4.69, 9.17) is 24.2 Å². The number of carbonyl (C=O) groups excluding carboxylic acids is 2. The number of methoxy groups -OCH3 is 1. The second-order valence-electron chi connectivity index (χ2n) is 10.2. The van der Waals surface area contributed by atoms with Crippen molar-refractivity contribution in [1.29, 1.82) is 0 Å².